The summed E-state index contributed by atoms with van der Waals surface area (Å²) in [6.45, 7) is 1.98. The highest BCUT2D eigenvalue weighted by Crippen LogP contribution is 2.26. The molecule has 0 amide bonds. The van der Waals surface area contributed by atoms with E-state index in [4.69, 9.17) is 23.8 Å². The minimum atomic E-state index is -0.470. The number of imidazole rings is 1. The first kappa shape index (κ1) is 12.4. The zero-order valence-electron chi connectivity index (χ0n) is 10.1. The third kappa shape index (κ3) is 1.97. The van der Waals surface area contributed by atoms with Crippen LogP contribution in [0.25, 0.3) is 16.7 Å². The van der Waals surface area contributed by atoms with Gasteiger partial charge < -0.3 is 4.98 Å². The van der Waals surface area contributed by atoms with E-state index in [1.54, 1.807) is 16.7 Å². The van der Waals surface area contributed by atoms with Crippen LogP contribution >= 0.6 is 23.8 Å². The standard InChI is InChI=1S/C14H10ClFN2S/c1-8-5-6-10-12(7-8)18(14(19)17-10)11-4-2-3-9(15)13(11)16/h2-7H,1H3,(H,17,19). The fourth-order valence-corrected chi connectivity index (χ4v) is 2.59. The zero-order valence-corrected chi connectivity index (χ0v) is 11.6. The molecule has 0 saturated heterocycles. The van der Waals surface area contributed by atoms with Crippen molar-refractivity contribution >= 4 is 34.9 Å². The molecule has 0 bridgehead atoms. The quantitative estimate of drug-likeness (QED) is 0.640. The van der Waals surface area contributed by atoms with Gasteiger partial charge >= 0.3 is 0 Å². The normalized spacial score (nSPS) is 11.1. The molecule has 0 aliphatic heterocycles. The monoisotopic (exact) mass is 292 g/mol. The summed E-state index contributed by atoms with van der Waals surface area (Å²) in [5.41, 5.74) is 3.15. The lowest BCUT2D eigenvalue weighted by Gasteiger charge is -2.07. The van der Waals surface area contributed by atoms with Gasteiger partial charge in [0.1, 0.15) is 0 Å². The van der Waals surface area contributed by atoms with Crippen LogP contribution in [0.5, 0.6) is 0 Å². The lowest BCUT2D eigenvalue weighted by molar-refractivity contribution is 0.619. The van der Waals surface area contributed by atoms with Gasteiger partial charge in [0.2, 0.25) is 0 Å². The van der Waals surface area contributed by atoms with E-state index in [9.17, 15) is 4.39 Å². The number of H-pyrrole nitrogens is 1. The number of hydrogen-bond donors (Lipinski definition) is 1. The topological polar surface area (TPSA) is 20.7 Å². The van der Waals surface area contributed by atoms with E-state index < -0.39 is 5.82 Å². The minimum Gasteiger partial charge on any atom is -0.330 e. The van der Waals surface area contributed by atoms with Gasteiger partial charge in [-0.05, 0) is 49.0 Å². The van der Waals surface area contributed by atoms with Crippen LogP contribution in [-0.4, -0.2) is 9.55 Å². The molecular weight excluding hydrogens is 283 g/mol. The summed E-state index contributed by atoms with van der Waals surface area (Å²) in [4.78, 5) is 3.07. The van der Waals surface area contributed by atoms with Crippen LogP contribution in [0.2, 0.25) is 5.02 Å². The Hall–Kier alpha value is -1.65. The summed E-state index contributed by atoms with van der Waals surface area (Å²) in [6, 6.07) is 10.8. The van der Waals surface area contributed by atoms with Gasteiger partial charge in [-0.15, -0.1) is 0 Å². The number of fused-ring (bicyclic) bond motifs is 1. The van der Waals surface area contributed by atoms with Crippen molar-refractivity contribution in [2.45, 2.75) is 6.92 Å². The highest BCUT2D eigenvalue weighted by Gasteiger charge is 2.12. The summed E-state index contributed by atoms with van der Waals surface area (Å²) in [6.07, 6.45) is 0. The molecular formula is C14H10ClFN2S. The van der Waals surface area contributed by atoms with Crippen molar-refractivity contribution in [3.05, 3.63) is 57.6 Å². The van der Waals surface area contributed by atoms with E-state index >= 15 is 0 Å². The molecule has 2 aromatic carbocycles. The van der Waals surface area contributed by atoms with Gasteiger partial charge in [0.05, 0.1) is 21.7 Å². The van der Waals surface area contributed by atoms with Crippen molar-refractivity contribution in [3.8, 4) is 5.69 Å². The number of hydrogen-bond acceptors (Lipinski definition) is 1. The molecule has 0 unspecified atom stereocenters. The van der Waals surface area contributed by atoms with Crippen molar-refractivity contribution in [2.24, 2.45) is 0 Å². The molecule has 0 aliphatic carbocycles. The molecule has 0 aliphatic rings. The van der Waals surface area contributed by atoms with Gasteiger partial charge in [-0.2, -0.15) is 0 Å². The number of aromatic nitrogens is 2. The first-order valence-electron chi connectivity index (χ1n) is 5.73. The molecule has 1 aromatic heterocycles. The summed E-state index contributed by atoms with van der Waals surface area (Å²) < 4.78 is 16.3. The predicted octanol–water partition coefficient (Wildman–Crippen LogP) is 4.79. The molecule has 19 heavy (non-hydrogen) atoms. The third-order valence-corrected chi connectivity index (χ3v) is 3.59. The summed E-state index contributed by atoms with van der Waals surface area (Å²) in [5, 5.41) is 0.0846. The van der Waals surface area contributed by atoms with Gasteiger partial charge in [0.25, 0.3) is 0 Å². The van der Waals surface area contributed by atoms with Crippen molar-refractivity contribution in [1.29, 1.82) is 0 Å². The van der Waals surface area contributed by atoms with Crippen molar-refractivity contribution in [2.75, 3.05) is 0 Å². The van der Waals surface area contributed by atoms with Crippen LogP contribution in [0.1, 0.15) is 5.56 Å². The Morgan fingerprint density at radius 2 is 2.05 bits per heavy atom. The second kappa shape index (κ2) is 4.47. The molecule has 96 valence electrons. The number of benzene rings is 2. The van der Waals surface area contributed by atoms with Crippen molar-refractivity contribution in [1.82, 2.24) is 9.55 Å². The molecule has 0 spiro atoms. The molecule has 0 fully saturated rings. The second-order valence-electron chi connectivity index (χ2n) is 4.36. The van der Waals surface area contributed by atoms with Gasteiger partial charge in [0.15, 0.2) is 10.6 Å². The average molecular weight is 293 g/mol. The van der Waals surface area contributed by atoms with Gasteiger partial charge in [-0.25, -0.2) is 4.39 Å². The van der Waals surface area contributed by atoms with Crippen LogP contribution < -0.4 is 0 Å². The van der Waals surface area contributed by atoms with Crippen molar-refractivity contribution < 1.29 is 4.39 Å². The Morgan fingerprint density at radius 1 is 1.26 bits per heavy atom. The number of aromatic amines is 1. The van der Waals surface area contributed by atoms with E-state index in [-0.39, 0.29) is 5.02 Å². The number of nitrogens with zero attached hydrogens (tertiary/aromatic N) is 1. The van der Waals surface area contributed by atoms with E-state index in [1.165, 1.54) is 6.07 Å². The maximum Gasteiger partial charge on any atom is 0.182 e. The Kier molecular flexibility index (Phi) is 2.92. The molecule has 0 radical (unpaired) electrons. The van der Waals surface area contributed by atoms with Crippen LogP contribution in [0.3, 0.4) is 0 Å². The third-order valence-electron chi connectivity index (χ3n) is 3.01. The van der Waals surface area contributed by atoms with Crippen LogP contribution in [0.4, 0.5) is 4.39 Å². The lowest BCUT2D eigenvalue weighted by Crippen LogP contribution is -1.98. The smallest absolute Gasteiger partial charge is 0.182 e. The molecule has 2 nitrogen and oxygen atoms in total. The summed E-state index contributed by atoms with van der Waals surface area (Å²) in [7, 11) is 0. The maximum atomic E-state index is 14.2. The molecule has 0 atom stereocenters. The molecule has 3 aromatic rings. The van der Waals surface area contributed by atoms with E-state index in [1.807, 2.05) is 25.1 Å². The molecule has 0 saturated carbocycles. The van der Waals surface area contributed by atoms with Gasteiger partial charge in [-0.1, -0.05) is 23.7 Å². The Balaban J connectivity index is 2.42. The number of aryl methyl sites for hydroxylation is 1. The minimum absolute atomic E-state index is 0.0846. The van der Waals surface area contributed by atoms with E-state index in [0.717, 1.165) is 16.6 Å². The number of halogens is 2. The number of rotatable bonds is 1. The van der Waals surface area contributed by atoms with E-state index in [2.05, 4.69) is 4.98 Å². The largest absolute Gasteiger partial charge is 0.330 e. The highest BCUT2D eigenvalue weighted by molar-refractivity contribution is 7.71. The van der Waals surface area contributed by atoms with Crippen LogP contribution in [0, 0.1) is 17.5 Å². The predicted molar refractivity (Wildman–Crippen MR) is 78.2 cm³/mol. The Morgan fingerprint density at radius 3 is 2.84 bits per heavy atom. The lowest BCUT2D eigenvalue weighted by atomic mass is 10.2. The molecule has 3 rings (SSSR count). The average Bonchev–Trinajstić information content (AvgIpc) is 2.69. The second-order valence-corrected chi connectivity index (χ2v) is 5.15. The van der Waals surface area contributed by atoms with Gasteiger partial charge in [-0.3, -0.25) is 4.57 Å². The molecule has 1 heterocycles. The Bertz CT molecular complexity index is 835. The zero-order chi connectivity index (χ0) is 13.6. The summed E-state index contributed by atoms with van der Waals surface area (Å²) >= 11 is 11.1. The van der Waals surface area contributed by atoms with E-state index in [0.29, 0.717) is 10.5 Å². The number of nitrogens with one attached hydrogen (secondary N) is 1. The van der Waals surface area contributed by atoms with Crippen molar-refractivity contribution in [3.63, 3.8) is 0 Å². The SMILES string of the molecule is Cc1ccc2[nH]c(=S)n(-c3cccc(Cl)c3F)c2c1. The first-order chi connectivity index (χ1) is 9.08. The first-order valence-corrected chi connectivity index (χ1v) is 6.52. The Labute approximate surface area is 119 Å². The van der Waals surface area contributed by atoms with Gasteiger partial charge in [0, 0.05) is 0 Å². The summed E-state index contributed by atoms with van der Waals surface area (Å²) in [5.74, 6) is -0.470. The highest BCUT2D eigenvalue weighted by atomic mass is 35.5. The molecule has 5 heteroatoms. The maximum absolute atomic E-state index is 14.2. The fraction of sp³-hybridized carbons (Fsp3) is 0.0714. The van der Waals surface area contributed by atoms with Crippen LogP contribution in [0.15, 0.2) is 36.4 Å². The fourth-order valence-electron chi connectivity index (χ4n) is 2.12. The molecule has 1 N–H and O–H groups in total. The van der Waals surface area contributed by atoms with Crippen LogP contribution in [-0.2, 0) is 0 Å².